The second-order valence-corrected chi connectivity index (χ2v) is 3.92. The second-order valence-electron chi connectivity index (χ2n) is 3.92. The Kier molecular flexibility index (Phi) is 2.75. The van der Waals surface area contributed by atoms with Gasteiger partial charge >= 0.3 is 0 Å². The first-order chi connectivity index (χ1) is 9.38. The SMILES string of the molecule is N#Cc1ccnnc1-n1cc(-c2ccccc2)cn1. The van der Waals surface area contributed by atoms with Crippen molar-refractivity contribution in [3.05, 3.63) is 60.6 Å². The van der Waals surface area contributed by atoms with Gasteiger partial charge in [0.05, 0.1) is 12.4 Å². The van der Waals surface area contributed by atoms with E-state index >= 15 is 0 Å². The van der Waals surface area contributed by atoms with Crippen LogP contribution in [0, 0.1) is 11.3 Å². The smallest absolute Gasteiger partial charge is 0.193 e. The lowest BCUT2D eigenvalue weighted by Gasteiger charge is -2.00. The van der Waals surface area contributed by atoms with E-state index in [1.807, 2.05) is 36.5 Å². The van der Waals surface area contributed by atoms with Gasteiger partial charge in [-0.2, -0.15) is 15.5 Å². The minimum atomic E-state index is 0.437. The van der Waals surface area contributed by atoms with E-state index in [1.165, 1.54) is 6.20 Å². The fourth-order valence-electron chi connectivity index (χ4n) is 1.80. The van der Waals surface area contributed by atoms with E-state index in [9.17, 15) is 0 Å². The van der Waals surface area contributed by atoms with Crippen molar-refractivity contribution in [3.8, 4) is 23.0 Å². The third kappa shape index (κ3) is 2.07. The molecule has 3 rings (SSSR count). The predicted octanol–water partition coefficient (Wildman–Crippen LogP) is 2.20. The summed E-state index contributed by atoms with van der Waals surface area (Å²) in [5.41, 5.74) is 2.48. The Morgan fingerprint density at radius 1 is 1.05 bits per heavy atom. The molecular formula is C14H9N5. The van der Waals surface area contributed by atoms with Gasteiger partial charge in [0.1, 0.15) is 11.6 Å². The van der Waals surface area contributed by atoms with Crippen LogP contribution in [-0.2, 0) is 0 Å². The minimum Gasteiger partial charge on any atom is -0.219 e. The molecule has 0 radical (unpaired) electrons. The van der Waals surface area contributed by atoms with E-state index in [0.29, 0.717) is 11.4 Å². The number of rotatable bonds is 2. The van der Waals surface area contributed by atoms with Crippen LogP contribution in [0.15, 0.2) is 55.0 Å². The highest BCUT2D eigenvalue weighted by atomic mass is 15.3. The Morgan fingerprint density at radius 3 is 2.68 bits per heavy atom. The fourth-order valence-corrected chi connectivity index (χ4v) is 1.80. The van der Waals surface area contributed by atoms with Crippen molar-refractivity contribution in [3.63, 3.8) is 0 Å². The molecule has 5 nitrogen and oxygen atoms in total. The van der Waals surface area contributed by atoms with Crippen LogP contribution < -0.4 is 0 Å². The summed E-state index contributed by atoms with van der Waals surface area (Å²) < 4.78 is 1.56. The minimum absolute atomic E-state index is 0.437. The molecule has 0 saturated carbocycles. The summed E-state index contributed by atoms with van der Waals surface area (Å²) in [6.45, 7) is 0. The molecule has 90 valence electrons. The highest BCUT2D eigenvalue weighted by Gasteiger charge is 2.08. The molecule has 1 aromatic carbocycles. The molecule has 19 heavy (non-hydrogen) atoms. The molecule has 0 atom stereocenters. The lowest BCUT2D eigenvalue weighted by Crippen LogP contribution is -2.02. The number of benzene rings is 1. The van der Waals surface area contributed by atoms with Crippen molar-refractivity contribution in [2.45, 2.75) is 0 Å². The van der Waals surface area contributed by atoms with E-state index < -0.39 is 0 Å². The summed E-state index contributed by atoms with van der Waals surface area (Å²) in [5, 5.41) is 21.0. The van der Waals surface area contributed by atoms with Crippen LogP contribution in [0.3, 0.4) is 0 Å². The summed E-state index contributed by atoms with van der Waals surface area (Å²) in [6, 6.07) is 13.6. The van der Waals surface area contributed by atoms with Crippen LogP contribution in [0.2, 0.25) is 0 Å². The fraction of sp³-hybridized carbons (Fsp3) is 0. The van der Waals surface area contributed by atoms with Gasteiger partial charge < -0.3 is 0 Å². The number of nitrogens with zero attached hydrogens (tertiary/aromatic N) is 5. The Morgan fingerprint density at radius 2 is 1.89 bits per heavy atom. The van der Waals surface area contributed by atoms with Crippen LogP contribution >= 0.6 is 0 Å². The molecule has 0 fully saturated rings. The first kappa shape index (κ1) is 11.1. The molecule has 0 aliphatic rings. The van der Waals surface area contributed by atoms with Gasteiger partial charge in [0.25, 0.3) is 0 Å². The summed E-state index contributed by atoms with van der Waals surface area (Å²) in [5.74, 6) is 0.437. The zero-order chi connectivity index (χ0) is 13.1. The Labute approximate surface area is 109 Å². The number of nitriles is 1. The predicted molar refractivity (Wildman–Crippen MR) is 69.3 cm³/mol. The molecule has 0 aliphatic carbocycles. The van der Waals surface area contributed by atoms with Crippen molar-refractivity contribution in [2.75, 3.05) is 0 Å². The van der Waals surface area contributed by atoms with Crippen molar-refractivity contribution in [2.24, 2.45) is 0 Å². The quantitative estimate of drug-likeness (QED) is 0.696. The Bertz CT molecular complexity index is 740. The van der Waals surface area contributed by atoms with Crippen LogP contribution in [0.1, 0.15) is 5.56 Å². The third-order valence-corrected chi connectivity index (χ3v) is 2.73. The lowest BCUT2D eigenvalue weighted by molar-refractivity contribution is 0.810. The Balaban J connectivity index is 2.05. The molecule has 0 amide bonds. The Hall–Kier alpha value is -3.00. The van der Waals surface area contributed by atoms with Crippen molar-refractivity contribution in [1.29, 1.82) is 5.26 Å². The van der Waals surface area contributed by atoms with E-state index in [1.54, 1.807) is 16.9 Å². The summed E-state index contributed by atoms with van der Waals surface area (Å²) in [7, 11) is 0. The number of hydrogen-bond donors (Lipinski definition) is 0. The van der Waals surface area contributed by atoms with E-state index in [2.05, 4.69) is 21.4 Å². The van der Waals surface area contributed by atoms with Crippen molar-refractivity contribution >= 4 is 0 Å². The number of aromatic nitrogens is 4. The maximum atomic E-state index is 9.04. The average Bonchev–Trinajstić information content (AvgIpc) is 2.98. The lowest BCUT2D eigenvalue weighted by atomic mass is 10.1. The van der Waals surface area contributed by atoms with Gasteiger partial charge in [-0.05, 0) is 11.6 Å². The zero-order valence-electron chi connectivity index (χ0n) is 9.93. The monoisotopic (exact) mass is 247 g/mol. The molecule has 2 heterocycles. The maximum Gasteiger partial charge on any atom is 0.193 e. The maximum absolute atomic E-state index is 9.04. The van der Waals surface area contributed by atoms with Crippen LogP contribution in [0.5, 0.6) is 0 Å². The van der Waals surface area contributed by atoms with E-state index in [4.69, 9.17) is 5.26 Å². The molecule has 0 saturated heterocycles. The first-order valence-electron chi connectivity index (χ1n) is 5.71. The van der Waals surface area contributed by atoms with Gasteiger partial charge in [-0.1, -0.05) is 30.3 Å². The molecule has 0 spiro atoms. The topological polar surface area (TPSA) is 67.4 Å². The van der Waals surface area contributed by atoms with Gasteiger partial charge in [0, 0.05) is 11.8 Å². The molecule has 3 aromatic rings. The summed E-state index contributed by atoms with van der Waals surface area (Å²) in [6.07, 6.45) is 5.06. The van der Waals surface area contributed by atoms with E-state index in [0.717, 1.165) is 11.1 Å². The van der Waals surface area contributed by atoms with Crippen LogP contribution in [0.25, 0.3) is 16.9 Å². The zero-order valence-corrected chi connectivity index (χ0v) is 9.93. The van der Waals surface area contributed by atoms with Gasteiger partial charge in [-0.25, -0.2) is 4.68 Å². The molecule has 0 bridgehead atoms. The number of hydrogen-bond acceptors (Lipinski definition) is 4. The third-order valence-electron chi connectivity index (χ3n) is 2.73. The standard InChI is InChI=1S/C14H9N5/c15-8-12-6-7-16-18-14(12)19-10-13(9-17-19)11-4-2-1-3-5-11/h1-7,9-10H. The summed E-state index contributed by atoms with van der Waals surface area (Å²) in [4.78, 5) is 0. The van der Waals surface area contributed by atoms with Crippen LogP contribution in [-0.4, -0.2) is 20.0 Å². The average molecular weight is 247 g/mol. The largest absolute Gasteiger partial charge is 0.219 e. The van der Waals surface area contributed by atoms with Crippen LogP contribution in [0.4, 0.5) is 0 Å². The van der Waals surface area contributed by atoms with Gasteiger partial charge in [-0.3, -0.25) is 0 Å². The molecule has 2 aromatic heterocycles. The van der Waals surface area contributed by atoms with Gasteiger partial charge in [0.15, 0.2) is 5.82 Å². The molecule has 0 N–H and O–H groups in total. The van der Waals surface area contributed by atoms with Crippen molar-refractivity contribution < 1.29 is 0 Å². The normalized spacial score (nSPS) is 10.1. The molecular weight excluding hydrogens is 238 g/mol. The first-order valence-corrected chi connectivity index (χ1v) is 5.71. The molecule has 0 unspecified atom stereocenters. The van der Waals surface area contributed by atoms with Gasteiger partial charge in [-0.15, -0.1) is 5.10 Å². The van der Waals surface area contributed by atoms with Crippen molar-refractivity contribution in [1.82, 2.24) is 20.0 Å². The molecule has 0 aliphatic heterocycles. The van der Waals surface area contributed by atoms with Gasteiger partial charge in [0.2, 0.25) is 0 Å². The van der Waals surface area contributed by atoms with E-state index in [-0.39, 0.29) is 0 Å². The highest BCUT2D eigenvalue weighted by molar-refractivity contribution is 5.62. The second kappa shape index (κ2) is 4.70. The highest BCUT2D eigenvalue weighted by Crippen LogP contribution is 2.19. The summed E-state index contributed by atoms with van der Waals surface area (Å²) >= 11 is 0. The molecule has 5 heteroatoms.